The molecule has 9 heteroatoms. The maximum absolute atomic E-state index is 12.4. The molecule has 0 aliphatic heterocycles. The minimum Gasteiger partial charge on any atom is -0.338 e. The van der Waals surface area contributed by atoms with E-state index in [1.54, 1.807) is 41.8 Å². The van der Waals surface area contributed by atoms with Crippen molar-refractivity contribution >= 4 is 34.0 Å². The molecule has 0 unspecified atom stereocenters. The van der Waals surface area contributed by atoms with Crippen LogP contribution in [0.5, 0.6) is 0 Å². The monoisotopic (exact) mass is 461 g/mol. The van der Waals surface area contributed by atoms with Crippen LogP contribution in [-0.4, -0.2) is 26.9 Å². The van der Waals surface area contributed by atoms with E-state index in [2.05, 4.69) is 25.8 Å². The van der Waals surface area contributed by atoms with Crippen molar-refractivity contribution in [3.63, 3.8) is 0 Å². The maximum atomic E-state index is 12.4. The molecule has 0 saturated carbocycles. The molecular formula is C24H23N5O3S. The Labute approximate surface area is 195 Å². The summed E-state index contributed by atoms with van der Waals surface area (Å²) in [5.74, 6) is 0.628. The molecule has 0 bridgehead atoms. The molecule has 2 aromatic carbocycles. The summed E-state index contributed by atoms with van der Waals surface area (Å²) in [6, 6.07) is 16.1. The molecule has 4 aromatic rings. The van der Waals surface area contributed by atoms with Crippen LogP contribution in [0.2, 0.25) is 0 Å². The third kappa shape index (κ3) is 5.69. The van der Waals surface area contributed by atoms with Crippen molar-refractivity contribution in [1.82, 2.24) is 15.1 Å². The average molecular weight is 462 g/mol. The highest BCUT2D eigenvalue weighted by molar-refractivity contribution is 7.14. The van der Waals surface area contributed by atoms with Gasteiger partial charge < -0.3 is 9.84 Å². The van der Waals surface area contributed by atoms with Crippen molar-refractivity contribution in [1.29, 1.82) is 0 Å². The quantitative estimate of drug-likeness (QED) is 0.422. The number of hydrogen-bond acceptors (Lipinski definition) is 7. The highest BCUT2D eigenvalue weighted by atomic mass is 32.1. The molecule has 0 aliphatic rings. The van der Waals surface area contributed by atoms with Gasteiger partial charge in [0.15, 0.2) is 5.13 Å². The van der Waals surface area contributed by atoms with Crippen molar-refractivity contribution in [3.05, 3.63) is 77.1 Å². The van der Waals surface area contributed by atoms with Gasteiger partial charge in [-0.05, 0) is 36.4 Å². The lowest BCUT2D eigenvalue weighted by molar-refractivity contribution is -0.115. The van der Waals surface area contributed by atoms with Crippen molar-refractivity contribution in [2.75, 3.05) is 10.6 Å². The normalized spacial score (nSPS) is 11.2. The fourth-order valence-corrected chi connectivity index (χ4v) is 3.63. The number of nitrogens with zero attached hydrogens (tertiary/aromatic N) is 3. The fraction of sp³-hybridized carbons (Fsp3) is 0.208. The molecular weight excluding hydrogens is 438 g/mol. The summed E-state index contributed by atoms with van der Waals surface area (Å²) in [6.07, 6.45) is 0.0965. The van der Waals surface area contributed by atoms with Gasteiger partial charge in [-0.3, -0.25) is 14.9 Å². The molecule has 0 radical (unpaired) electrons. The summed E-state index contributed by atoms with van der Waals surface area (Å²) in [7, 11) is 0. The molecule has 2 N–H and O–H groups in total. The fourth-order valence-electron chi connectivity index (χ4n) is 2.92. The van der Waals surface area contributed by atoms with Crippen LogP contribution in [-0.2, 0) is 16.6 Å². The topological polar surface area (TPSA) is 110 Å². The van der Waals surface area contributed by atoms with Crippen LogP contribution in [0.15, 0.2) is 64.5 Å². The van der Waals surface area contributed by atoms with Gasteiger partial charge in [0.1, 0.15) is 0 Å². The van der Waals surface area contributed by atoms with E-state index in [0.717, 1.165) is 5.56 Å². The standard InChI is InChI=1S/C24H23N5O3S/c1-24(2,3)22-27-20(29-32-22)15-9-11-17(12-10-15)25-19(30)13-18-14-33-23(26-18)28-21(31)16-7-5-4-6-8-16/h4-12,14H,13H2,1-3H3,(H,25,30)(H,26,28,31). The molecule has 0 aliphatic carbocycles. The van der Waals surface area contributed by atoms with Gasteiger partial charge in [-0.2, -0.15) is 4.98 Å². The molecule has 0 fully saturated rings. The van der Waals surface area contributed by atoms with Crippen LogP contribution >= 0.6 is 11.3 Å². The van der Waals surface area contributed by atoms with Crippen LogP contribution in [0.3, 0.4) is 0 Å². The zero-order valence-electron chi connectivity index (χ0n) is 18.5. The summed E-state index contributed by atoms with van der Waals surface area (Å²) < 4.78 is 5.33. The Balaban J connectivity index is 1.33. The number of amides is 2. The van der Waals surface area contributed by atoms with Gasteiger partial charge in [-0.25, -0.2) is 4.98 Å². The minimum atomic E-state index is -0.239. The van der Waals surface area contributed by atoms with E-state index in [1.807, 2.05) is 39.0 Å². The van der Waals surface area contributed by atoms with Crippen LogP contribution in [0.1, 0.15) is 42.7 Å². The van der Waals surface area contributed by atoms with Gasteiger partial charge in [-0.1, -0.05) is 44.1 Å². The molecule has 2 amide bonds. The second-order valence-electron chi connectivity index (χ2n) is 8.44. The Bertz CT molecular complexity index is 1260. The molecule has 0 atom stereocenters. The molecule has 0 spiro atoms. The highest BCUT2D eigenvalue weighted by Gasteiger charge is 2.22. The van der Waals surface area contributed by atoms with Crippen LogP contribution in [0, 0.1) is 0 Å². The first-order valence-corrected chi connectivity index (χ1v) is 11.2. The van der Waals surface area contributed by atoms with E-state index in [0.29, 0.717) is 33.8 Å². The number of hydrogen-bond donors (Lipinski definition) is 2. The number of carbonyl (C=O) groups is 2. The number of carbonyl (C=O) groups excluding carboxylic acids is 2. The Kier molecular flexibility index (Phi) is 6.32. The summed E-state index contributed by atoms with van der Waals surface area (Å²) in [5, 5.41) is 11.8. The van der Waals surface area contributed by atoms with Gasteiger partial charge in [0, 0.05) is 27.6 Å². The summed E-state index contributed by atoms with van der Waals surface area (Å²) in [4.78, 5) is 33.4. The number of aromatic nitrogens is 3. The summed E-state index contributed by atoms with van der Waals surface area (Å²) in [5.41, 5.74) is 2.35. The lowest BCUT2D eigenvalue weighted by atomic mass is 9.97. The molecule has 33 heavy (non-hydrogen) atoms. The first-order chi connectivity index (χ1) is 15.8. The summed E-state index contributed by atoms with van der Waals surface area (Å²) >= 11 is 1.28. The predicted octanol–water partition coefficient (Wildman–Crippen LogP) is 4.92. The summed E-state index contributed by atoms with van der Waals surface area (Å²) in [6.45, 7) is 6.02. The highest BCUT2D eigenvalue weighted by Crippen LogP contribution is 2.25. The SMILES string of the molecule is CC(C)(C)c1nc(-c2ccc(NC(=O)Cc3csc(NC(=O)c4ccccc4)n3)cc2)no1. The Morgan fingerprint density at radius 2 is 1.70 bits per heavy atom. The first-order valence-electron chi connectivity index (χ1n) is 10.3. The van der Waals surface area contributed by atoms with Crippen molar-refractivity contribution in [2.45, 2.75) is 32.6 Å². The van der Waals surface area contributed by atoms with Crippen molar-refractivity contribution in [3.8, 4) is 11.4 Å². The number of anilines is 2. The van der Waals surface area contributed by atoms with E-state index < -0.39 is 0 Å². The van der Waals surface area contributed by atoms with Crippen LogP contribution in [0.4, 0.5) is 10.8 Å². The van der Waals surface area contributed by atoms with E-state index >= 15 is 0 Å². The Hall–Kier alpha value is -3.85. The molecule has 2 aromatic heterocycles. The molecule has 4 rings (SSSR count). The Morgan fingerprint density at radius 1 is 0.970 bits per heavy atom. The number of nitrogens with one attached hydrogen (secondary N) is 2. The first kappa shape index (κ1) is 22.3. The number of benzene rings is 2. The lowest BCUT2D eigenvalue weighted by Crippen LogP contribution is -2.15. The molecule has 2 heterocycles. The van der Waals surface area contributed by atoms with E-state index in [-0.39, 0.29) is 23.7 Å². The van der Waals surface area contributed by atoms with Crippen molar-refractivity contribution in [2.24, 2.45) is 0 Å². The zero-order chi connectivity index (χ0) is 23.4. The van der Waals surface area contributed by atoms with E-state index in [9.17, 15) is 9.59 Å². The van der Waals surface area contributed by atoms with Gasteiger partial charge in [-0.15, -0.1) is 11.3 Å². The predicted molar refractivity (Wildman–Crippen MR) is 127 cm³/mol. The minimum absolute atomic E-state index is 0.0965. The smallest absolute Gasteiger partial charge is 0.257 e. The van der Waals surface area contributed by atoms with Crippen LogP contribution < -0.4 is 10.6 Å². The van der Waals surface area contributed by atoms with Gasteiger partial charge in [0.05, 0.1) is 12.1 Å². The third-order valence-corrected chi connectivity index (χ3v) is 5.45. The lowest BCUT2D eigenvalue weighted by Gasteiger charge is -2.10. The van der Waals surface area contributed by atoms with Gasteiger partial charge in [0.25, 0.3) is 5.91 Å². The number of thiazole rings is 1. The number of rotatable bonds is 6. The molecule has 0 saturated heterocycles. The van der Waals surface area contributed by atoms with E-state index in [4.69, 9.17) is 4.52 Å². The van der Waals surface area contributed by atoms with Crippen LogP contribution in [0.25, 0.3) is 11.4 Å². The Morgan fingerprint density at radius 3 is 2.36 bits per heavy atom. The largest absolute Gasteiger partial charge is 0.338 e. The van der Waals surface area contributed by atoms with E-state index in [1.165, 1.54) is 11.3 Å². The van der Waals surface area contributed by atoms with Crippen molar-refractivity contribution < 1.29 is 14.1 Å². The van der Waals surface area contributed by atoms with Gasteiger partial charge >= 0.3 is 0 Å². The molecule has 168 valence electrons. The average Bonchev–Trinajstić information content (AvgIpc) is 3.45. The third-order valence-electron chi connectivity index (χ3n) is 4.64. The second-order valence-corrected chi connectivity index (χ2v) is 9.30. The zero-order valence-corrected chi connectivity index (χ0v) is 19.3. The maximum Gasteiger partial charge on any atom is 0.257 e. The van der Waals surface area contributed by atoms with Gasteiger partial charge in [0.2, 0.25) is 17.6 Å². The second kappa shape index (κ2) is 9.33. The molecule has 8 nitrogen and oxygen atoms in total.